The van der Waals surface area contributed by atoms with E-state index in [4.69, 9.17) is 5.73 Å². The number of hydrogen-bond donors (Lipinski definition) is 2. The topological polar surface area (TPSA) is 55.1 Å². The Balaban J connectivity index is 2.18. The molecule has 0 unspecified atom stereocenters. The Morgan fingerprint density at radius 2 is 2.50 bits per heavy atom. The van der Waals surface area contributed by atoms with Crippen molar-refractivity contribution in [2.45, 2.75) is 12.8 Å². The molecule has 0 spiro atoms. The molecule has 0 fully saturated rings. The second-order valence-corrected chi connectivity index (χ2v) is 3.82. The average molecular weight is 210 g/mol. The summed E-state index contributed by atoms with van der Waals surface area (Å²) in [6, 6.07) is 4.08. The lowest BCUT2D eigenvalue weighted by Gasteiger charge is -1.95. The number of amides is 1. The van der Waals surface area contributed by atoms with Crippen LogP contribution >= 0.6 is 11.3 Å². The predicted octanol–water partition coefficient (Wildman–Crippen LogP) is 1.27. The summed E-state index contributed by atoms with van der Waals surface area (Å²) in [5, 5.41) is 4.69. The van der Waals surface area contributed by atoms with Crippen LogP contribution in [0.1, 0.15) is 11.3 Å². The van der Waals surface area contributed by atoms with Gasteiger partial charge in [0, 0.05) is 30.5 Å². The monoisotopic (exact) mass is 210 g/mol. The smallest absolute Gasteiger partial charge is 0.225 e. The summed E-state index contributed by atoms with van der Waals surface area (Å²) in [7, 11) is 0. The fourth-order valence-corrected chi connectivity index (χ4v) is 1.64. The molecule has 14 heavy (non-hydrogen) atoms. The van der Waals surface area contributed by atoms with Crippen molar-refractivity contribution < 1.29 is 4.79 Å². The number of nitrogens with two attached hydrogens (primary N) is 1. The van der Waals surface area contributed by atoms with Gasteiger partial charge in [0.2, 0.25) is 5.91 Å². The summed E-state index contributed by atoms with van der Waals surface area (Å²) in [6.07, 6.45) is 4.85. The summed E-state index contributed by atoms with van der Waals surface area (Å²) in [5.74, 6) is -0.0325. The van der Waals surface area contributed by atoms with Crippen LogP contribution in [0.25, 0.3) is 0 Å². The molecule has 4 heteroatoms. The highest BCUT2D eigenvalue weighted by Gasteiger charge is 1.94. The molecule has 0 radical (unpaired) electrons. The number of hydrogen-bond acceptors (Lipinski definition) is 3. The molecule has 1 amide bonds. The lowest BCUT2D eigenvalue weighted by molar-refractivity contribution is -0.119. The van der Waals surface area contributed by atoms with Crippen LogP contribution in [-0.4, -0.2) is 12.5 Å². The molecule has 0 atom stereocenters. The van der Waals surface area contributed by atoms with Crippen LogP contribution < -0.4 is 11.1 Å². The maximum Gasteiger partial charge on any atom is 0.225 e. The number of thiophene rings is 1. The van der Waals surface area contributed by atoms with Crippen LogP contribution in [-0.2, 0) is 11.2 Å². The van der Waals surface area contributed by atoms with Gasteiger partial charge in [-0.05, 0) is 11.4 Å². The number of carbonyl (C=O) groups is 1. The fourth-order valence-electron chi connectivity index (χ4n) is 0.959. The first-order chi connectivity index (χ1) is 6.83. The maximum absolute atomic E-state index is 11.0. The zero-order valence-corrected chi connectivity index (χ0v) is 8.72. The second-order valence-electron chi connectivity index (χ2n) is 2.79. The molecule has 1 heterocycles. The van der Waals surface area contributed by atoms with Crippen LogP contribution in [0.4, 0.5) is 0 Å². The number of nitrogens with one attached hydrogen (secondary N) is 1. The van der Waals surface area contributed by atoms with Gasteiger partial charge in [-0.2, -0.15) is 0 Å². The van der Waals surface area contributed by atoms with Gasteiger partial charge in [-0.15, -0.1) is 11.3 Å². The summed E-state index contributed by atoms with van der Waals surface area (Å²) in [5.41, 5.74) is 5.23. The van der Waals surface area contributed by atoms with Gasteiger partial charge >= 0.3 is 0 Å². The molecule has 1 rings (SSSR count). The second kappa shape index (κ2) is 6.34. The molecular weight excluding hydrogens is 196 g/mol. The third-order valence-corrected chi connectivity index (χ3v) is 2.53. The molecule has 0 aliphatic rings. The van der Waals surface area contributed by atoms with Crippen LogP contribution in [0, 0.1) is 0 Å². The Bertz CT molecular complexity index is 293. The minimum Gasteiger partial charge on any atom is -0.333 e. The van der Waals surface area contributed by atoms with Gasteiger partial charge < -0.3 is 11.1 Å². The largest absolute Gasteiger partial charge is 0.333 e. The van der Waals surface area contributed by atoms with Crippen molar-refractivity contribution in [3.05, 3.63) is 34.7 Å². The van der Waals surface area contributed by atoms with Crippen LogP contribution in [0.2, 0.25) is 0 Å². The van der Waals surface area contributed by atoms with E-state index < -0.39 is 0 Å². The van der Waals surface area contributed by atoms with Gasteiger partial charge in [-0.1, -0.05) is 12.1 Å². The van der Waals surface area contributed by atoms with Gasteiger partial charge in [-0.25, -0.2) is 0 Å². The Kier molecular flexibility index (Phi) is 4.96. The van der Waals surface area contributed by atoms with Crippen molar-refractivity contribution in [3.8, 4) is 0 Å². The van der Waals surface area contributed by atoms with Crippen molar-refractivity contribution in [2.75, 3.05) is 6.54 Å². The average Bonchev–Trinajstić information content (AvgIpc) is 2.65. The third-order valence-electron chi connectivity index (χ3n) is 1.63. The predicted molar refractivity (Wildman–Crippen MR) is 59.0 cm³/mol. The van der Waals surface area contributed by atoms with E-state index in [-0.39, 0.29) is 5.91 Å². The minimum absolute atomic E-state index is 0.0325. The van der Waals surface area contributed by atoms with Crippen molar-refractivity contribution in [3.63, 3.8) is 0 Å². The van der Waals surface area contributed by atoms with E-state index in [2.05, 4.69) is 11.4 Å². The van der Waals surface area contributed by atoms with E-state index in [0.717, 1.165) is 6.42 Å². The molecule has 3 nitrogen and oxygen atoms in total. The minimum atomic E-state index is -0.0325. The highest BCUT2D eigenvalue weighted by Crippen LogP contribution is 2.08. The molecule has 1 aromatic heterocycles. The number of allylic oxidation sites excluding steroid dienone is 1. The van der Waals surface area contributed by atoms with E-state index >= 15 is 0 Å². The van der Waals surface area contributed by atoms with Gasteiger partial charge in [0.25, 0.3) is 0 Å². The van der Waals surface area contributed by atoms with Crippen LogP contribution in [0.5, 0.6) is 0 Å². The standard InChI is InChI=1S/C10H14N2OS/c11-6-5-10(13)12-7-1-3-9-4-2-8-14-9/h1-2,4,7-8H,3,5-6,11H2,(H,12,13). The van der Waals surface area contributed by atoms with Crippen molar-refractivity contribution in [1.29, 1.82) is 0 Å². The maximum atomic E-state index is 11.0. The Hall–Kier alpha value is -1.13. The first-order valence-electron chi connectivity index (χ1n) is 4.49. The molecule has 76 valence electrons. The van der Waals surface area contributed by atoms with Gasteiger partial charge in [0.05, 0.1) is 0 Å². The van der Waals surface area contributed by atoms with Crippen molar-refractivity contribution in [2.24, 2.45) is 5.73 Å². The Morgan fingerprint density at radius 1 is 1.64 bits per heavy atom. The first kappa shape index (κ1) is 10.9. The third kappa shape index (κ3) is 4.20. The Morgan fingerprint density at radius 3 is 3.14 bits per heavy atom. The van der Waals surface area contributed by atoms with Crippen molar-refractivity contribution in [1.82, 2.24) is 5.32 Å². The number of carbonyl (C=O) groups excluding carboxylic acids is 1. The molecular formula is C10H14N2OS. The van der Waals surface area contributed by atoms with E-state index in [0.29, 0.717) is 13.0 Å². The molecule has 3 N–H and O–H groups in total. The molecule has 1 aromatic rings. The molecule has 0 bridgehead atoms. The van der Waals surface area contributed by atoms with E-state index in [1.165, 1.54) is 4.88 Å². The first-order valence-corrected chi connectivity index (χ1v) is 5.37. The zero-order chi connectivity index (χ0) is 10.2. The molecule has 0 aromatic carbocycles. The number of rotatable bonds is 5. The molecule has 0 saturated heterocycles. The normalized spacial score (nSPS) is 10.6. The molecule has 0 aliphatic carbocycles. The van der Waals surface area contributed by atoms with E-state index in [1.54, 1.807) is 17.5 Å². The highest BCUT2D eigenvalue weighted by atomic mass is 32.1. The summed E-state index contributed by atoms with van der Waals surface area (Å²) < 4.78 is 0. The summed E-state index contributed by atoms with van der Waals surface area (Å²) in [6.45, 7) is 0.393. The van der Waals surface area contributed by atoms with Gasteiger partial charge in [0.15, 0.2) is 0 Å². The highest BCUT2D eigenvalue weighted by molar-refractivity contribution is 7.09. The fraction of sp³-hybridized carbons (Fsp3) is 0.300. The van der Waals surface area contributed by atoms with Crippen LogP contribution in [0.15, 0.2) is 29.8 Å². The SMILES string of the molecule is NCCC(=O)NC=CCc1cccs1. The van der Waals surface area contributed by atoms with Crippen molar-refractivity contribution >= 4 is 17.2 Å². The summed E-state index contributed by atoms with van der Waals surface area (Å²) >= 11 is 1.71. The molecule has 0 aliphatic heterocycles. The lowest BCUT2D eigenvalue weighted by Crippen LogP contribution is -2.20. The zero-order valence-electron chi connectivity index (χ0n) is 7.90. The van der Waals surface area contributed by atoms with Gasteiger partial charge in [0.1, 0.15) is 0 Å². The lowest BCUT2D eigenvalue weighted by atomic mass is 10.3. The van der Waals surface area contributed by atoms with Gasteiger partial charge in [-0.3, -0.25) is 4.79 Å². The quantitative estimate of drug-likeness (QED) is 0.769. The molecule has 0 saturated carbocycles. The van der Waals surface area contributed by atoms with E-state index in [9.17, 15) is 4.79 Å². The van der Waals surface area contributed by atoms with Crippen LogP contribution in [0.3, 0.4) is 0 Å². The van der Waals surface area contributed by atoms with E-state index in [1.807, 2.05) is 17.5 Å². The Labute approximate surface area is 87.6 Å². The summed E-state index contributed by atoms with van der Waals surface area (Å²) in [4.78, 5) is 12.3.